The van der Waals surface area contributed by atoms with Crippen molar-refractivity contribution < 1.29 is 14.7 Å². The van der Waals surface area contributed by atoms with Crippen LogP contribution in [0.25, 0.3) is 0 Å². The van der Waals surface area contributed by atoms with E-state index in [9.17, 15) is 9.59 Å². The van der Waals surface area contributed by atoms with Crippen molar-refractivity contribution in [3.05, 3.63) is 34.3 Å². The molecule has 1 unspecified atom stereocenters. The lowest BCUT2D eigenvalue weighted by molar-refractivity contribution is -0.140. The number of hydrogen-bond acceptors (Lipinski definition) is 3. The number of rotatable bonds is 3. The molecule has 108 valence electrons. The number of carbonyl (C=O) groups excluding carboxylic acids is 1. The Hall–Kier alpha value is -1.21. The van der Waals surface area contributed by atoms with Gasteiger partial charge in [-0.05, 0) is 24.6 Å². The molecule has 0 bridgehead atoms. The van der Waals surface area contributed by atoms with Crippen molar-refractivity contribution in [2.75, 3.05) is 11.6 Å². The van der Waals surface area contributed by atoms with Gasteiger partial charge in [0.2, 0.25) is 0 Å². The van der Waals surface area contributed by atoms with Crippen molar-refractivity contribution >= 4 is 39.7 Å². The zero-order valence-electron chi connectivity index (χ0n) is 10.9. The van der Waals surface area contributed by atoms with Crippen LogP contribution in [-0.4, -0.2) is 39.7 Å². The molecule has 7 heteroatoms. The summed E-state index contributed by atoms with van der Waals surface area (Å²) in [5, 5.41) is 11.9. The van der Waals surface area contributed by atoms with Gasteiger partial charge in [0.25, 0.3) is 0 Å². The minimum atomic E-state index is -0.958. The van der Waals surface area contributed by atoms with Gasteiger partial charge in [0.05, 0.1) is 11.9 Å². The Kier molecular flexibility index (Phi) is 4.93. The van der Waals surface area contributed by atoms with Gasteiger partial charge in [-0.1, -0.05) is 28.1 Å². The van der Waals surface area contributed by atoms with E-state index >= 15 is 0 Å². The summed E-state index contributed by atoms with van der Waals surface area (Å²) in [6, 6.07) is 6.40. The predicted molar refractivity (Wildman–Crippen MR) is 81.7 cm³/mol. The van der Waals surface area contributed by atoms with Gasteiger partial charge in [-0.25, -0.2) is 9.59 Å². The Bertz CT molecular complexity index is 526. The standard InChI is InChI=1S/C13H15BrN2O3S/c1-8(9-3-2-4-10(14)5-9)15-13(19)16-7-20-6-11(16)12(17)18/h2-5,8,11H,6-7H2,1H3,(H,15,19)(H,17,18)/t8?,11-/m0/s1. The monoisotopic (exact) mass is 358 g/mol. The molecule has 20 heavy (non-hydrogen) atoms. The molecule has 0 aliphatic carbocycles. The van der Waals surface area contributed by atoms with E-state index in [2.05, 4.69) is 21.2 Å². The van der Waals surface area contributed by atoms with E-state index in [1.165, 1.54) is 16.7 Å². The quantitative estimate of drug-likeness (QED) is 0.871. The summed E-state index contributed by atoms with van der Waals surface area (Å²) in [7, 11) is 0. The Morgan fingerprint density at radius 2 is 2.30 bits per heavy atom. The number of carboxylic acids is 1. The third kappa shape index (κ3) is 3.46. The molecular weight excluding hydrogens is 344 g/mol. The number of aliphatic carboxylic acids is 1. The average Bonchev–Trinajstić information content (AvgIpc) is 2.88. The molecule has 1 aromatic rings. The van der Waals surface area contributed by atoms with Crippen LogP contribution < -0.4 is 5.32 Å². The Morgan fingerprint density at radius 1 is 1.55 bits per heavy atom. The second-order valence-electron chi connectivity index (χ2n) is 4.55. The minimum absolute atomic E-state index is 0.181. The number of amides is 2. The number of carboxylic acid groups (broad SMARTS) is 1. The molecule has 0 radical (unpaired) electrons. The lowest BCUT2D eigenvalue weighted by atomic mass is 10.1. The molecule has 0 aromatic heterocycles. The third-order valence-corrected chi connectivity index (χ3v) is 4.62. The number of nitrogens with zero attached hydrogens (tertiary/aromatic N) is 1. The Morgan fingerprint density at radius 3 is 2.95 bits per heavy atom. The van der Waals surface area contributed by atoms with E-state index in [1.807, 2.05) is 31.2 Å². The molecule has 0 spiro atoms. The summed E-state index contributed by atoms with van der Waals surface area (Å²) < 4.78 is 0.941. The number of thioether (sulfide) groups is 1. The van der Waals surface area contributed by atoms with Gasteiger partial charge in [-0.15, -0.1) is 11.8 Å². The fraction of sp³-hybridized carbons (Fsp3) is 0.385. The van der Waals surface area contributed by atoms with Crippen LogP contribution in [0.5, 0.6) is 0 Å². The highest BCUT2D eigenvalue weighted by molar-refractivity contribution is 9.10. The highest BCUT2D eigenvalue weighted by Gasteiger charge is 2.35. The highest BCUT2D eigenvalue weighted by atomic mass is 79.9. The maximum absolute atomic E-state index is 12.2. The maximum Gasteiger partial charge on any atom is 0.327 e. The van der Waals surface area contributed by atoms with E-state index in [4.69, 9.17) is 5.11 Å². The summed E-state index contributed by atoms with van der Waals surface area (Å²) in [6.45, 7) is 1.87. The minimum Gasteiger partial charge on any atom is -0.480 e. The van der Waals surface area contributed by atoms with Crippen molar-refractivity contribution in [3.63, 3.8) is 0 Å². The number of hydrogen-bond donors (Lipinski definition) is 2. The van der Waals surface area contributed by atoms with Crippen molar-refractivity contribution in [1.29, 1.82) is 0 Å². The van der Waals surface area contributed by atoms with Crippen LogP contribution in [-0.2, 0) is 4.79 Å². The number of benzene rings is 1. The van der Waals surface area contributed by atoms with Crippen LogP contribution in [0.15, 0.2) is 28.7 Å². The van der Waals surface area contributed by atoms with Gasteiger partial charge in [0, 0.05) is 10.2 Å². The van der Waals surface area contributed by atoms with Gasteiger partial charge >= 0.3 is 12.0 Å². The largest absolute Gasteiger partial charge is 0.480 e. The van der Waals surface area contributed by atoms with Crippen molar-refractivity contribution in [2.45, 2.75) is 19.0 Å². The summed E-state index contributed by atoms with van der Waals surface area (Å²) in [6.07, 6.45) is 0. The first-order chi connectivity index (χ1) is 9.49. The van der Waals surface area contributed by atoms with Crippen LogP contribution in [0.4, 0.5) is 4.79 Å². The van der Waals surface area contributed by atoms with Crippen LogP contribution >= 0.6 is 27.7 Å². The van der Waals surface area contributed by atoms with Crippen LogP contribution in [0.2, 0.25) is 0 Å². The van der Waals surface area contributed by atoms with Gasteiger partial charge in [-0.2, -0.15) is 0 Å². The van der Waals surface area contributed by atoms with E-state index in [0.717, 1.165) is 10.0 Å². The van der Waals surface area contributed by atoms with E-state index in [0.29, 0.717) is 11.6 Å². The first-order valence-electron chi connectivity index (χ1n) is 6.12. The highest BCUT2D eigenvalue weighted by Crippen LogP contribution is 2.23. The van der Waals surface area contributed by atoms with Gasteiger partial charge in [0.1, 0.15) is 6.04 Å². The fourth-order valence-electron chi connectivity index (χ4n) is 1.97. The lowest BCUT2D eigenvalue weighted by Crippen LogP contribution is -2.47. The smallest absolute Gasteiger partial charge is 0.327 e. The van der Waals surface area contributed by atoms with Crippen LogP contribution in [0, 0.1) is 0 Å². The molecule has 1 saturated heterocycles. The number of halogens is 1. The van der Waals surface area contributed by atoms with Crippen LogP contribution in [0.3, 0.4) is 0 Å². The number of urea groups is 1. The van der Waals surface area contributed by atoms with E-state index in [1.54, 1.807) is 0 Å². The molecule has 1 aliphatic heterocycles. The molecule has 0 saturated carbocycles. The number of nitrogens with one attached hydrogen (secondary N) is 1. The zero-order chi connectivity index (χ0) is 14.7. The topological polar surface area (TPSA) is 69.6 Å². The lowest BCUT2D eigenvalue weighted by Gasteiger charge is -2.23. The second kappa shape index (κ2) is 6.49. The Labute approximate surface area is 129 Å². The summed E-state index contributed by atoms with van der Waals surface area (Å²) in [5.74, 6) is -0.109. The first kappa shape index (κ1) is 15.2. The van der Waals surface area contributed by atoms with Gasteiger partial charge in [0.15, 0.2) is 0 Å². The summed E-state index contributed by atoms with van der Waals surface area (Å²) >= 11 is 4.84. The molecule has 2 amide bonds. The SMILES string of the molecule is CC(NC(=O)N1CSC[C@H]1C(=O)O)c1cccc(Br)c1. The molecule has 2 atom stereocenters. The predicted octanol–water partition coefficient (Wildman–Crippen LogP) is 2.68. The first-order valence-corrected chi connectivity index (χ1v) is 8.07. The molecule has 1 aromatic carbocycles. The third-order valence-electron chi connectivity index (χ3n) is 3.12. The molecular formula is C13H15BrN2O3S. The average molecular weight is 359 g/mol. The van der Waals surface area contributed by atoms with Crippen molar-refractivity contribution in [3.8, 4) is 0 Å². The van der Waals surface area contributed by atoms with Gasteiger partial charge < -0.3 is 15.3 Å². The normalized spacial score (nSPS) is 19.7. The molecule has 1 fully saturated rings. The Balaban J connectivity index is 2.02. The second-order valence-corrected chi connectivity index (χ2v) is 6.47. The molecule has 1 aliphatic rings. The summed E-state index contributed by atoms with van der Waals surface area (Å²) in [5.41, 5.74) is 0.964. The number of carbonyl (C=O) groups is 2. The fourth-order valence-corrected chi connectivity index (χ4v) is 3.54. The van der Waals surface area contributed by atoms with E-state index in [-0.39, 0.29) is 12.1 Å². The molecule has 2 N–H and O–H groups in total. The molecule has 1 heterocycles. The van der Waals surface area contributed by atoms with Crippen molar-refractivity contribution in [2.24, 2.45) is 0 Å². The maximum atomic E-state index is 12.2. The van der Waals surface area contributed by atoms with Gasteiger partial charge in [-0.3, -0.25) is 0 Å². The zero-order valence-corrected chi connectivity index (χ0v) is 13.3. The van der Waals surface area contributed by atoms with Crippen LogP contribution in [0.1, 0.15) is 18.5 Å². The molecule has 2 rings (SSSR count). The molecule has 5 nitrogen and oxygen atoms in total. The van der Waals surface area contributed by atoms with Crippen molar-refractivity contribution in [1.82, 2.24) is 10.2 Å². The van der Waals surface area contributed by atoms with E-state index < -0.39 is 12.0 Å². The summed E-state index contributed by atoms with van der Waals surface area (Å²) in [4.78, 5) is 24.6.